The number of nitrogens with zero attached hydrogens (tertiary/aromatic N) is 2. The van der Waals surface area contributed by atoms with E-state index in [2.05, 4.69) is 25.6 Å². The Morgan fingerprint density at radius 3 is 2.67 bits per heavy atom. The van der Waals surface area contributed by atoms with Gasteiger partial charge in [-0.15, -0.1) is 11.3 Å². The van der Waals surface area contributed by atoms with Gasteiger partial charge >= 0.3 is 0 Å². The van der Waals surface area contributed by atoms with Gasteiger partial charge in [0.25, 0.3) is 10.0 Å². The molecule has 2 aromatic rings. The van der Waals surface area contributed by atoms with E-state index in [4.69, 9.17) is 5.26 Å². The van der Waals surface area contributed by atoms with Crippen LogP contribution in [-0.4, -0.2) is 13.4 Å². The number of halogens is 1. The molecule has 2 aromatic heterocycles. The lowest BCUT2D eigenvalue weighted by Crippen LogP contribution is -2.12. The third-order valence-corrected chi connectivity index (χ3v) is 5.98. The van der Waals surface area contributed by atoms with Gasteiger partial charge in [-0.25, -0.2) is 13.4 Å². The summed E-state index contributed by atoms with van der Waals surface area (Å²) < 4.78 is 27.0. The summed E-state index contributed by atoms with van der Waals surface area (Å²) in [4.78, 5) is 3.85. The Morgan fingerprint density at radius 2 is 2.17 bits per heavy atom. The predicted molar refractivity (Wildman–Crippen MR) is 71.8 cm³/mol. The van der Waals surface area contributed by atoms with E-state index < -0.39 is 10.0 Å². The van der Waals surface area contributed by atoms with Gasteiger partial charge in [0.15, 0.2) is 4.21 Å². The standard InChI is InChI=1S/C10H6BrN3O2S2/c11-8-3-4-17-10(8)18(15,16)14-9-2-1-7(5-12)6-13-9/h1-4,6H,(H,13,14). The van der Waals surface area contributed by atoms with Crippen molar-refractivity contribution in [3.63, 3.8) is 0 Å². The van der Waals surface area contributed by atoms with Crippen LogP contribution in [0, 0.1) is 11.3 Å². The monoisotopic (exact) mass is 343 g/mol. The van der Waals surface area contributed by atoms with Crippen molar-refractivity contribution >= 4 is 43.1 Å². The van der Waals surface area contributed by atoms with E-state index >= 15 is 0 Å². The maximum atomic E-state index is 12.0. The molecule has 0 aromatic carbocycles. The highest BCUT2D eigenvalue weighted by atomic mass is 79.9. The molecule has 2 rings (SSSR count). The first kappa shape index (κ1) is 13.0. The van der Waals surface area contributed by atoms with Gasteiger partial charge in [-0.3, -0.25) is 4.72 Å². The highest BCUT2D eigenvalue weighted by Gasteiger charge is 2.19. The zero-order valence-electron chi connectivity index (χ0n) is 8.79. The van der Waals surface area contributed by atoms with E-state index in [1.807, 2.05) is 6.07 Å². The van der Waals surface area contributed by atoms with Crippen molar-refractivity contribution in [2.45, 2.75) is 4.21 Å². The van der Waals surface area contributed by atoms with Crippen molar-refractivity contribution in [3.8, 4) is 6.07 Å². The number of nitriles is 1. The lowest BCUT2D eigenvalue weighted by molar-refractivity contribution is 0.602. The smallest absolute Gasteiger partial charge is 0.263 e. The minimum Gasteiger partial charge on any atom is -0.263 e. The molecule has 0 saturated heterocycles. The molecule has 0 bridgehead atoms. The van der Waals surface area contributed by atoms with Crippen LogP contribution >= 0.6 is 27.3 Å². The van der Waals surface area contributed by atoms with Gasteiger partial charge < -0.3 is 0 Å². The molecular weight excluding hydrogens is 338 g/mol. The number of thiophene rings is 1. The number of aromatic nitrogens is 1. The van der Waals surface area contributed by atoms with Crippen LogP contribution in [0.1, 0.15) is 5.56 Å². The maximum Gasteiger partial charge on any atom is 0.273 e. The molecule has 0 spiro atoms. The number of pyridine rings is 1. The molecule has 0 radical (unpaired) electrons. The van der Waals surface area contributed by atoms with Gasteiger partial charge in [-0.2, -0.15) is 5.26 Å². The Balaban J connectivity index is 2.28. The molecule has 0 unspecified atom stereocenters. The van der Waals surface area contributed by atoms with Crippen LogP contribution in [0.5, 0.6) is 0 Å². The van der Waals surface area contributed by atoms with Crippen LogP contribution in [0.2, 0.25) is 0 Å². The number of sulfonamides is 1. The molecule has 0 aliphatic carbocycles. The first-order valence-corrected chi connectivity index (χ1v) is 7.80. The molecular formula is C10H6BrN3O2S2. The van der Waals surface area contributed by atoms with E-state index in [0.717, 1.165) is 11.3 Å². The van der Waals surface area contributed by atoms with Crippen LogP contribution in [0.4, 0.5) is 5.82 Å². The summed E-state index contributed by atoms with van der Waals surface area (Å²) in [5.41, 5.74) is 0.371. The fourth-order valence-corrected chi connectivity index (χ4v) is 4.52. The summed E-state index contributed by atoms with van der Waals surface area (Å²) >= 11 is 4.27. The van der Waals surface area contributed by atoms with Gasteiger partial charge in [0.2, 0.25) is 0 Å². The Hall–Kier alpha value is -1.43. The van der Waals surface area contributed by atoms with Crippen molar-refractivity contribution in [2.24, 2.45) is 0 Å². The molecule has 2 heterocycles. The molecule has 0 amide bonds. The molecule has 92 valence electrons. The Bertz CT molecular complexity index is 701. The molecule has 0 fully saturated rings. The third kappa shape index (κ3) is 2.69. The normalized spacial score (nSPS) is 10.9. The van der Waals surface area contributed by atoms with Crippen LogP contribution in [0.15, 0.2) is 38.5 Å². The first-order chi connectivity index (χ1) is 8.53. The van der Waals surface area contributed by atoms with Crippen molar-refractivity contribution in [1.82, 2.24) is 4.98 Å². The average Bonchev–Trinajstić information content (AvgIpc) is 2.77. The molecule has 8 heteroatoms. The van der Waals surface area contributed by atoms with Crippen molar-refractivity contribution < 1.29 is 8.42 Å². The molecule has 0 aliphatic rings. The fraction of sp³-hybridized carbons (Fsp3) is 0. The van der Waals surface area contributed by atoms with E-state index in [9.17, 15) is 8.42 Å². The zero-order valence-corrected chi connectivity index (χ0v) is 12.0. The SMILES string of the molecule is N#Cc1ccc(NS(=O)(=O)c2sccc2Br)nc1. The summed E-state index contributed by atoms with van der Waals surface area (Å²) in [5.74, 6) is 0.175. The second-order valence-corrected chi connectivity index (χ2v) is 6.85. The Labute approximate surface area is 116 Å². The van der Waals surface area contributed by atoms with Crippen molar-refractivity contribution in [3.05, 3.63) is 39.8 Å². The Morgan fingerprint density at radius 1 is 1.39 bits per heavy atom. The van der Waals surface area contributed by atoms with Crippen molar-refractivity contribution in [1.29, 1.82) is 5.26 Å². The van der Waals surface area contributed by atoms with Crippen LogP contribution in [0.25, 0.3) is 0 Å². The third-order valence-electron chi connectivity index (χ3n) is 1.96. The number of rotatable bonds is 3. The van der Waals surface area contributed by atoms with E-state index in [0.29, 0.717) is 10.0 Å². The number of anilines is 1. The van der Waals surface area contributed by atoms with Gasteiger partial charge in [0.05, 0.1) is 5.56 Å². The van der Waals surface area contributed by atoms with Gasteiger partial charge in [-0.05, 0) is 39.5 Å². The lowest BCUT2D eigenvalue weighted by atomic mass is 10.3. The summed E-state index contributed by atoms with van der Waals surface area (Å²) in [6.07, 6.45) is 1.31. The summed E-state index contributed by atoms with van der Waals surface area (Å²) in [5, 5.41) is 10.3. The molecule has 0 atom stereocenters. The van der Waals surface area contributed by atoms with E-state index in [-0.39, 0.29) is 10.0 Å². The minimum absolute atomic E-state index is 0.175. The summed E-state index contributed by atoms with van der Waals surface area (Å²) in [6.45, 7) is 0. The molecule has 5 nitrogen and oxygen atoms in total. The van der Waals surface area contributed by atoms with Gasteiger partial charge in [-0.1, -0.05) is 0 Å². The number of hydrogen-bond donors (Lipinski definition) is 1. The fourth-order valence-electron chi connectivity index (χ4n) is 1.18. The van der Waals surface area contributed by atoms with Crippen LogP contribution in [0.3, 0.4) is 0 Å². The largest absolute Gasteiger partial charge is 0.273 e. The second-order valence-electron chi connectivity index (χ2n) is 3.21. The van der Waals surface area contributed by atoms with Gasteiger partial charge in [0.1, 0.15) is 11.9 Å². The molecule has 1 N–H and O–H groups in total. The Kier molecular flexibility index (Phi) is 3.65. The van der Waals surface area contributed by atoms with Crippen LogP contribution in [-0.2, 0) is 10.0 Å². The van der Waals surface area contributed by atoms with E-state index in [1.54, 1.807) is 11.4 Å². The predicted octanol–water partition coefficient (Wildman–Crippen LogP) is 2.58. The van der Waals surface area contributed by atoms with Crippen LogP contribution < -0.4 is 4.72 Å². The summed E-state index contributed by atoms with van der Waals surface area (Å²) in [6, 6.07) is 6.50. The molecule has 0 saturated carbocycles. The zero-order chi connectivity index (χ0) is 13.2. The highest BCUT2D eigenvalue weighted by Crippen LogP contribution is 2.28. The van der Waals surface area contributed by atoms with Gasteiger partial charge in [0, 0.05) is 10.7 Å². The topological polar surface area (TPSA) is 82.9 Å². The molecule has 18 heavy (non-hydrogen) atoms. The first-order valence-electron chi connectivity index (χ1n) is 4.65. The maximum absolute atomic E-state index is 12.0. The average molecular weight is 344 g/mol. The quantitative estimate of drug-likeness (QED) is 0.928. The highest BCUT2D eigenvalue weighted by molar-refractivity contribution is 9.10. The minimum atomic E-state index is -3.64. The second kappa shape index (κ2) is 5.06. The van der Waals surface area contributed by atoms with E-state index in [1.165, 1.54) is 18.3 Å². The number of nitrogens with one attached hydrogen (secondary N) is 1. The lowest BCUT2D eigenvalue weighted by Gasteiger charge is -2.05. The van der Waals surface area contributed by atoms with Crippen molar-refractivity contribution in [2.75, 3.05) is 4.72 Å². The number of hydrogen-bond acceptors (Lipinski definition) is 5. The molecule has 0 aliphatic heterocycles. The summed E-state index contributed by atoms with van der Waals surface area (Å²) in [7, 11) is -3.64.